The number of amides is 2. The maximum Gasteiger partial charge on any atom is 0.319 e. The molecule has 0 atom stereocenters. The highest BCUT2D eigenvalue weighted by molar-refractivity contribution is 7.14. The van der Waals surface area contributed by atoms with Gasteiger partial charge in [-0.3, -0.25) is 5.32 Å². The number of nitrogens with zero attached hydrogens (tertiary/aromatic N) is 3. The quantitative estimate of drug-likeness (QED) is 0.709. The minimum Gasteiger partial charge on any atom is -0.376 e. The first kappa shape index (κ1) is 15.0. The number of rotatable bonds is 6. The normalized spacial score (nSPS) is 10.0. The minimum absolute atomic E-state index is 0.215. The van der Waals surface area contributed by atoms with Crippen molar-refractivity contribution >= 4 is 33.9 Å². The lowest BCUT2D eigenvalue weighted by atomic mass is 10.4. The van der Waals surface area contributed by atoms with Crippen molar-refractivity contribution in [1.82, 2.24) is 15.5 Å². The van der Waals surface area contributed by atoms with Crippen LogP contribution in [0.25, 0.3) is 0 Å². The van der Waals surface area contributed by atoms with Crippen LogP contribution in [-0.2, 0) is 0 Å². The van der Waals surface area contributed by atoms with Crippen molar-refractivity contribution in [3.63, 3.8) is 0 Å². The number of hydrogen-bond acceptors (Lipinski definition) is 6. The monoisotopic (exact) mass is 306 g/mol. The molecule has 0 saturated heterocycles. The number of nitrogens with one attached hydrogen (secondary N) is 3. The van der Waals surface area contributed by atoms with Gasteiger partial charge in [0, 0.05) is 33.3 Å². The molecule has 0 unspecified atom stereocenters. The zero-order chi connectivity index (χ0) is 15.1. The standard InChI is InChI=1S/C13H18N6OS/c1-19(2)10-8-11(18-16-9-10)14-5-6-15-13(20)17-12-4-3-7-21-12/h3-4,7-9H,5-6H2,1-2H3,(H,14,18)(H2,15,17,20). The van der Waals surface area contributed by atoms with Crippen molar-refractivity contribution in [1.29, 1.82) is 0 Å². The molecule has 2 aromatic heterocycles. The van der Waals surface area contributed by atoms with Crippen LogP contribution in [0, 0.1) is 0 Å². The third kappa shape index (κ3) is 4.92. The average molecular weight is 306 g/mol. The molecule has 0 spiro atoms. The Bertz CT molecular complexity index is 572. The molecule has 3 N–H and O–H groups in total. The molecule has 112 valence electrons. The average Bonchev–Trinajstić information content (AvgIpc) is 2.97. The zero-order valence-corrected chi connectivity index (χ0v) is 12.8. The maximum atomic E-state index is 11.6. The summed E-state index contributed by atoms with van der Waals surface area (Å²) in [6, 6.07) is 5.43. The highest BCUT2D eigenvalue weighted by Gasteiger charge is 2.02. The van der Waals surface area contributed by atoms with E-state index in [9.17, 15) is 4.79 Å². The van der Waals surface area contributed by atoms with E-state index in [0.29, 0.717) is 18.9 Å². The van der Waals surface area contributed by atoms with Gasteiger partial charge in [-0.1, -0.05) is 0 Å². The van der Waals surface area contributed by atoms with Crippen molar-refractivity contribution in [2.75, 3.05) is 42.7 Å². The predicted molar refractivity (Wildman–Crippen MR) is 86.2 cm³/mol. The second-order valence-electron chi connectivity index (χ2n) is 4.48. The molecule has 0 bridgehead atoms. The Balaban J connectivity index is 1.69. The van der Waals surface area contributed by atoms with Crippen LogP contribution in [0.4, 0.5) is 21.3 Å². The van der Waals surface area contributed by atoms with Crippen molar-refractivity contribution in [3.05, 3.63) is 29.8 Å². The van der Waals surface area contributed by atoms with Crippen molar-refractivity contribution in [2.45, 2.75) is 0 Å². The second kappa shape index (κ2) is 7.44. The van der Waals surface area contributed by atoms with Gasteiger partial charge in [-0.25, -0.2) is 4.79 Å². The highest BCUT2D eigenvalue weighted by Crippen LogP contribution is 2.14. The van der Waals surface area contributed by atoms with E-state index in [4.69, 9.17) is 0 Å². The Morgan fingerprint density at radius 2 is 2.24 bits per heavy atom. The van der Waals surface area contributed by atoms with E-state index in [-0.39, 0.29) is 6.03 Å². The van der Waals surface area contributed by atoms with Gasteiger partial charge < -0.3 is 15.5 Å². The van der Waals surface area contributed by atoms with E-state index in [0.717, 1.165) is 10.7 Å². The SMILES string of the molecule is CN(C)c1cnnc(NCCNC(=O)Nc2cccs2)c1. The molecule has 0 aliphatic heterocycles. The molecule has 0 saturated carbocycles. The number of carbonyl (C=O) groups is 1. The number of thiophene rings is 1. The van der Waals surface area contributed by atoms with E-state index >= 15 is 0 Å². The van der Waals surface area contributed by atoms with Gasteiger partial charge in [-0.2, -0.15) is 5.10 Å². The van der Waals surface area contributed by atoms with E-state index in [1.54, 1.807) is 6.20 Å². The number of anilines is 3. The van der Waals surface area contributed by atoms with Crippen LogP contribution in [-0.4, -0.2) is 43.4 Å². The van der Waals surface area contributed by atoms with Crippen molar-refractivity contribution in [3.8, 4) is 0 Å². The number of aromatic nitrogens is 2. The van der Waals surface area contributed by atoms with Crippen molar-refractivity contribution < 1.29 is 4.79 Å². The molecule has 0 aromatic carbocycles. The van der Waals surface area contributed by atoms with E-state index < -0.39 is 0 Å². The summed E-state index contributed by atoms with van der Waals surface area (Å²) in [4.78, 5) is 13.5. The van der Waals surface area contributed by atoms with Gasteiger partial charge in [-0.05, 0) is 17.5 Å². The Morgan fingerprint density at radius 3 is 2.95 bits per heavy atom. The summed E-state index contributed by atoms with van der Waals surface area (Å²) in [7, 11) is 3.88. The third-order valence-electron chi connectivity index (χ3n) is 2.63. The van der Waals surface area contributed by atoms with Crippen LogP contribution in [0.2, 0.25) is 0 Å². The Kier molecular flexibility index (Phi) is 5.33. The molecule has 0 radical (unpaired) electrons. The van der Waals surface area contributed by atoms with Gasteiger partial charge in [0.2, 0.25) is 0 Å². The van der Waals surface area contributed by atoms with Gasteiger partial charge in [0.25, 0.3) is 0 Å². The Hall–Kier alpha value is -2.35. The predicted octanol–water partition coefficient (Wildman–Crippen LogP) is 1.84. The molecule has 2 rings (SSSR count). The number of urea groups is 1. The number of hydrogen-bond donors (Lipinski definition) is 3. The molecule has 8 heteroatoms. The van der Waals surface area contributed by atoms with Gasteiger partial charge in [-0.15, -0.1) is 16.4 Å². The molecule has 2 heterocycles. The topological polar surface area (TPSA) is 82.2 Å². The zero-order valence-electron chi connectivity index (χ0n) is 12.0. The molecular weight excluding hydrogens is 288 g/mol. The van der Waals surface area contributed by atoms with Crippen LogP contribution in [0.1, 0.15) is 0 Å². The molecular formula is C13H18N6OS. The van der Waals surface area contributed by atoms with Crippen LogP contribution < -0.4 is 20.9 Å². The summed E-state index contributed by atoms with van der Waals surface area (Å²) in [5, 5.41) is 19.3. The Morgan fingerprint density at radius 1 is 1.38 bits per heavy atom. The first-order chi connectivity index (χ1) is 10.1. The van der Waals surface area contributed by atoms with Gasteiger partial charge in [0.1, 0.15) is 0 Å². The summed E-state index contributed by atoms with van der Waals surface area (Å²) in [5.74, 6) is 0.682. The van der Waals surface area contributed by atoms with Crippen LogP contribution in [0.5, 0.6) is 0 Å². The fraction of sp³-hybridized carbons (Fsp3) is 0.308. The minimum atomic E-state index is -0.215. The van der Waals surface area contributed by atoms with E-state index in [1.165, 1.54) is 11.3 Å². The molecule has 7 nitrogen and oxygen atoms in total. The smallest absolute Gasteiger partial charge is 0.319 e. The summed E-state index contributed by atoms with van der Waals surface area (Å²) in [5.41, 5.74) is 0.968. The van der Waals surface area contributed by atoms with Crippen LogP contribution in [0.15, 0.2) is 29.8 Å². The molecule has 0 aliphatic rings. The Labute approximate surface area is 127 Å². The fourth-order valence-corrected chi connectivity index (χ4v) is 2.17. The maximum absolute atomic E-state index is 11.6. The van der Waals surface area contributed by atoms with E-state index in [2.05, 4.69) is 26.1 Å². The number of carbonyl (C=O) groups excluding carboxylic acids is 1. The fourth-order valence-electron chi connectivity index (χ4n) is 1.56. The summed E-state index contributed by atoms with van der Waals surface area (Å²) >= 11 is 1.48. The molecule has 2 amide bonds. The van der Waals surface area contributed by atoms with Crippen molar-refractivity contribution in [2.24, 2.45) is 0 Å². The lowest BCUT2D eigenvalue weighted by Crippen LogP contribution is -2.32. The summed E-state index contributed by atoms with van der Waals surface area (Å²) in [6.07, 6.45) is 1.69. The summed E-state index contributed by atoms with van der Waals surface area (Å²) in [6.45, 7) is 1.06. The van der Waals surface area contributed by atoms with Crippen LogP contribution in [0.3, 0.4) is 0 Å². The lowest BCUT2D eigenvalue weighted by molar-refractivity contribution is 0.252. The van der Waals surface area contributed by atoms with Gasteiger partial charge in [0.15, 0.2) is 5.82 Å². The van der Waals surface area contributed by atoms with Crippen LogP contribution >= 0.6 is 11.3 Å². The molecule has 21 heavy (non-hydrogen) atoms. The van der Waals surface area contributed by atoms with Gasteiger partial charge >= 0.3 is 6.03 Å². The third-order valence-corrected chi connectivity index (χ3v) is 3.42. The molecule has 0 aliphatic carbocycles. The molecule has 0 fully saturated rings. The van der Waals surface area contributed by atoms with Gasteiger partial charge in [0.05, 0.1) is 16.9 Å². The molecule has 2 aromatic rings. The summed E-state index contributed by atoms with van der Waals surface area (Å²) < 4.78 is 0. The largest absolute Gasteiger partial charge is 0.376 e. The second-order valence-corrected chi connectivity index (χ2v) is 5.43. The first-order valence-corrected chi connectivity index (χ1v) is 7.35. The first-order valence-electron chi connectivity index (χ1n) is 6.47. The highest BCUT2D eigenvalue weighted by atomic mass is 32.1. The van der Waals surface area contributed by atoms with E-state index in [1.807, 2.05) is 42.6 Å². The lowest BCUT2D eigenvalue weighted by Gasteiger charge is -2.13.